The number of H-pyrrole nitrogens is 1. The summed E-state index contributed by atoms with van der Waals surface area (Å²) in [6.07, 6.45) is 10.7. The van der Waals surface area contributed by atoms with E-state index in [2.05, 4.69) is 30.4 Å². The lowest BCUT2D eigenvalue weighted by Gasteiger charge is -2.50. The van der Waals surface area contributed by atoms with Gasteiger partial charge in [0.2, 0.25) is 5.91 Å². The zero-order valence-corrected chi connectivity index (χ0v) is 18.9. The molecule has 2 bridgehead atoms. The molecule has 4 unspecified atom stereocenters. The SMILES string of the molecule is Cc1cc(NCC2CC3CCC2N(C(=O)C2CCc4cn[nH]c42)C3)nc(-c2cccnc2)n1. The van der Waals surface area contributed by atoms with Gasteiger partial charge in [0.05, 0.1) is 17.8 Å². The summed E-state index contributed by atoms with van der Waals surface area (Å²) in [6.45, 7) is 3.70. The predicted molar refractivity (Wildman–Crippen MR) is 124 cm³/mol. The van der Waals surface area contributed by atoms with Crippen molar-refractivity contribution in [1.29, 1.82) is 0 Å². The number of nitrogens with zero attached hydrogens (tertiary/aromatic N) is 5. The summed E-state index contributed by atoms with van der Waals surface area (Å²) in [6, 6.07) is 6.16. The lowest BCUT2D eigenvalue weighted by Crippen LogP contribution is -2.57. The van der Waals surface area contributed by atoms with Crippen molar-refractivity contribution >= 4 is 11.7 Å². The van der Waals surface area contributed by atoms with Crippen molar-refractivity contribution in [1.82, 2.24) is 30.0 Å². The van der Waals surface area contributed by atoms with E-state index in [0.29, 0.717) is 23.7 Å². The van der Waals surface area contributed by atoms with Gasteiger partial charge in [0, 0.05) is 48.8 Å². The second kappa shape index (κ2) is 8.24. The van der Waals surface area contributed by atoms with Crippen LogP contribution in [0, 0.1) is 18.8 Å². The molecule has 4 aliphatic rings. The minimum atomic E-state index is -0.0537. The van der Waals surface area contributed by atoms with E-state index in [1.165, 1.54) is 18.4 Å². The summed E-state index contributed by atoms with van der Waals surface area (Å²) < 4.78 is 0. The van der Waals surface area contributed by atoms with E-state index in [9.17, 15) is 4.79 Å². The molecule has 3 aromatic rings. The lowest BCUT2D eigenvalue weighted by atomic mass is 9.72. The molecule has 33 heavy (non-hydrogen) atoms. The van der Waals surface area contributed by atoms with Crippen LogP contribution in [-0.2, 0) is 11.2 Å². The van der Waals surface area contributed by atoms with Gasteiger partial charge in [0.1, 0.15) is 5.82 Å². The third-order valence-electron chi connectivity index (χ3n) is 7.61. The van der Waals surface area contributed by atoms with Gasteiger partial charge in [-0.15, -0.1) is 0 Å². The fourth-order valence-electron chi connectivity index (χ4n) is 6.04. The third kappa shape index (κ3) is 3.77. The normalized spacial score (nSPS) is 25.8. The van der Waals surface area contributed by atoms with Crippen LogP contribution in [0.15, 0.2) is 36.8 Å². The molecule has 170 valence electrons. The van der Waals surface area contributed by atoms with Crippen LogP contribution in [0.4, 0.5) is 5.82 Å². The van der Waals surface area contributed by atoms with Crippen LogP contribution in [0.5, 0.6) is 0 Å². The van der Waals surface area contributed by atoms with Gasteiger partial charge in [-0.1, -0.05) is 0 Å². The standard InChI is InChI=1S/C25H29N7O/c1-15-9-22(30-24(29-15)18-3-2-8-26-11-18)27-12-19-10-16-4-7-21(19)32(14-16)25(33)20-6-5-17-13-28-31-23(17)20/h2-3,8-9,11,13,16,19-21H,4-7,10,12,14H2,1H3,(H,28,31)(H,27,29,30). The van der Waals surface area contributed by atoms with Crippen molar-refractivity contribution in [3.05, 3.63) is 53.7 Å². The van der Waals surface area contributed by atoms with E-state index in [-0.39, 0.29) is 11.8 Å². The summed E-state index contributed by atoms with van der Waals surface area (Å²) >= 11 is 0. The first-order chi connectivity index (χ1) is 16.2. The van der Waals surface area contributed by atoms with Gasteiger partial charge in [-0.25, -0.2) is 9.97 Å². The van der Waals surface area contributed by atoms with Crippen LogP contribution in [0.25, 0.3) is 11.4 Å². The number of carbonyl (C=O) groups excluding carboxylic acids is 1. The number of anilines is 1. The summed E-state index contributed by atoms with van der Waals surface area (Å²) in [4.78, 5) is 29.2. The molecule has 8 heteroatoms. The highest BCUT2D eigenvalue weighted by molar-refractivity contribution is 5.85. The van der Waals surface area contributed by atoms with E-state index in [4.69, 9.17) is 4.98 Å². The minimum Gasteiger partial charge on any atom is -0.370 e. The van der Waals surface area contributed by atoms with E-state index in [1.54, 1.807) is 12.4 Å². The second-order valence-electron chi connectivity index (χ2n) is 9.74. The van der Waals surface area contributed by atoms with E-state index >= 15 is 0 Å². The zero-order valence-electron chi connectivity index (χ0n) is 18.9. The summed E-state index contributed by atoms with van der Waals surface area (Å²) in [7, 11) is 0. The molecule has 1 amide bonds. The van der Waals surface area contributed by atoms with Gasteiger partial charge in [-0.3, -0.25) is 14.9 Å². The molecular formula is C25H29N7O. The molecule has 1 saturated carbocycles. The number of fused-ring (bicyclic) bond motifs is 4. The van der Waals surface area contributed by atoms with E-state index < -0.39 is 0 Å². The molecule has 3 aromatic heterocycles. The van der Waals surface area contributed by atoms with Crippen LogP contribution in [0.1, 0.15) is 48.6 Å². The largest absolute Gasteiger partial charge is 0.370 e. The first-order valence-corrected chi connectivity index (χ1v) is 12.0. The Balaban J connectivity index is 1.17. The molecule has 0 radical (unpaired) electrons. The molecule has 7 rings (SSSR count). The number of pyridine rings is 1. The highest BCUT2D eigenvalue weighted by Crippen LogP contribution is 2.42. The molecule has 2 aliphatic heterocycles. The molecule has 8 nitrogen and oxygen atoms in total. The molecule has 2 aliphatic carbocycles. The van der Waals surface area contributed by atoms with Crippen molar-refractivity contribution in [2.24, 2.45) is 11.8 Å². The van der Waals surface area contributed by atoms with Crippen LogP contribution in [-0.4, -0.2) is 55.1 Å². The monoisotopic (exact) mass is 443 g/mol. The highest BCUT2D eigenvalue weighted by atomic mass is 16.2. The number of amides is 1. The number of aromatic amines is 1. The van der Waals surface area contributed by atoms with Crippen molar-refractivity contribution in [3.63, 3.8) is 0 Å². The summed E-state index contributed by atoms with van der Waals surface area (Å²) in [5.41, 5.74) is 4.07. The fraction of sp³-hybridized carbons (Fsp3) is 0.480. The summed E-state index contributed by atoms with van der Waals surface area (Å²) in [5, 5.41) is 10.8. The van der Waals surface area contributed by atoms with Crippen LogP contribution >= 0.6 is 0 Å². The molecule has 2 saturated heterocycles. The zero-order chi connectivity index (χ0) is 22.4. The van der Waals surface area contributed by atoms with Crippen molar-refractivity contribution < 1.29 is 4.79 Å². The van der Waals surface area contributed by atoms with Gasteiger partial charge < -0.3 is 10.2 Å². The topological polar surface area (TPSA) is 99.7 Å². The predicted octanol–water partition coefficient (Wildman–Crippen LogP) is 3.34. The number of rotatable bonds is 5. The second-order valence-corrected chi connectivity index (χ2v) is 9.74. The van der Waals surface area contributed by atoms with Crippen LogP contribution in [0.2, 0.25) is 0 Å². The molecule has 3 fully saturated rings. The van der Waals surface area contributed by atoms with Gasteiger partial charge in [-0.05, 0) is 68.6 Å². The fourth-order valence-corrected chi connectivity index (χ4v) is 6.04. The molecule has 0 aromatic carbocycles. The Bertz CT molecular complexity index is 1160. The molecule has 5 heterocycles. The number of hydrogen-bond acceptors (Lipinski definition) is 6. The third-order valence-corrected chi connectivity index (χ3v) is 7.61. The van der Waals surface area contributed by atoms with Gasteiger partial charge >= 0.3 is 0 Å². The molecular weight excluding hydrogens is 414 g/mol. The maximum Gasteiger partial charge on any atom is 0.231 e. The first-order valence-electron chi connectivity index (χ1n) is 12.0. The number of hydrogen-bond donors (Lipinski definition) is 2. The Morgan fingerprint density at radius 3 is 3.03 bits per heavy atom. The number of aromatic nitrogens is 5. The Kier molecular flexibility index (Phi) is 5.08. The average Bonchev–Trinajstić information content (AvgIpc) is 3.47. The van der Waals surface area contributed by atoms with E-state index in [1.807, 2.05) is 31.3 Å². The summed E-state index contributed by atoms with van der Waals surface area (Å²) in [5.74, 6) is 2.77. The number of piperidine rings is 2. The molecule has 2 N–H and O–H groups in total. The van der Waals surface area contributed by atoms with Crippen molar-refractivity contribution in [2.45, 2.75) is 51.0 Å². The van der Waals surface area contributed by atoms with Gasteiger partial charge in [-0.2, -0.15) is 5.10 Å². The number of nitrogens with one attached hydrogen (secondary N) is 2. The smallest absolute Gasteiger partial charge is 0.231 e. The van der Waals surface area contributed by atoms with Crippen LogP contribution < -0.4 is 5.32 Å². The quantitative estimate of drug-likeness (QED) is 0.627. The Hall–Kier alpha value is -3.29. The van der Waals surface area contributed by atoms with Gasteiger partial charge in [0.25, 0.3) is 0 Å². The Morgan fingerprint density at radius 1 is 1.24 bits per heavy atom. The maximum atomic E-state index is 13.5. The Morgan fingerprint density at radius 2 is 2.18 bits per heavy atom. The maximum absolute atomic E-state index is 13.5. The van der Waals surface area contributed by atoms with Crippen molar-refractivity contribution in [3.8, 4) is 11.4 Å². The van der Waals surface area contributed by atoms with Crippen LogP contribution in [0.3, 0.4) is 0 Å². The highest BCUT2D eigenvalue weighted by Gasteiger charge is 2.45. The minimum absolute atomic E-state index is 0.0537. The Labute approximate surface area is 193 Å². The lowest BCUT2D eigenvalue weighted by molar-refractivity contribution is -0.143. The first kappa shape index (κ1) is 20.3. The van der Waals surface area contributed by atoms with Crippen molar-refractivity contribution in [2.75, 3.05) is 18.4 Å². The van der Waals surface area contributed by atoms with E-state index in [0.717, 1.165) is 55.1 Å². The molecule has 0 spiro atoms. The molecule has 4 atom stereocenters. The average molecular weight is 444 g/mol. The number of carbonyl (C=O) groups is 1. The van der Waals surface area contributed by atoms with Gasteiger partial charge in [0.15, 0.2) is 5.82 Å². The number of aryl methyl sites for hydroxylation is 2.